The summed E-state index contributed by atoms with van der Waals surface area (Å²) in [7, 11) is 1.79. The summed E-state index contributed by atoms with van der Waals surface area (Å²) in [5.74, 6) is 0.369. The maximum absolute atomic E-state index is 14.4. The van der Waals surface area contributed by atoms with Crippen molar-refractivity contribution in [3.63, 3.8) is 0 Å². The van der Waals surface area contributed by atoms with E-state index in [1.165, 1.54) is 0 Å². The third-order valence-corrected chi connectivity index (χ3v) is 4.22. The lowest BCUT2D eigenvalue weighted by atomic mass is 10.1. The Morgan fingerprint density at radius 2 is 2.07 bits per heavy atom. The SMILES string of the molecule is Cc1nc(CCn2cnc(-c3cc(F)ccc3F)c2-c2cnn(C)c2)n[nH]1. The molecule has 0 aliphatic heterocycles. The first-order valence-corrected chi connectivity index (χ1v) is 8.38. The first kappa shape index (κ1) is 17.1. The van der Waals surface area contributed by atoms with Crippen LogP contribution in [-0.4, -0.2) is 34.5 Å². The van der Waals surface area contributed by atoms with Crippen molar-refractivity contribution in [2.24, 2.45) is 7.05 Å². The minimum Gasteiger partial charge on any atom is -0.330 e. The molecule has 0 unspecified atom stereocenters. The van der Waals surface area contributed by atoms with Gasteiger partial charge < -0.3 is 4.57 Å². The molecule has 0 atom stereocenters. The Morgan fingerprint density at radius 3 is 2.78 bits per heavy atom. The summed E-state index contributed by atoms with van der Waals surface area (Å²) >= 11 is 0. The zero-order valence-electron chi connectivity index (χ0n) is 14.8. The molecule has 0 fully saturated rings. The summed E-state index contributed by atoms with van der Waals surface area (Å²) < 4.78 is 31.6. The van der Waals surface area contributed by atoms with E-state index in [4.69, 9.17) is 0 Å². The van der Waals surface area contributed by atoms with E-state index in [0.29, 0.717) is 30.2 Å². The minimum absolute atomic E-state index is 0.112. The van der Waals surface area contributed by atoms with Gasteiger partial charge in [-0.1, -0.05) is 0 Å². The molecule has 0 saturated heterocycles. The number of imidazole rings is 1. The van der Waals surface area contributed by atoms with Gasteiger partial charge in [-0.3, -0.25) is 9.78 Å². The summed E-state index contributed by atoms with van der Waals surface area (Å²) in [5.41, 5.74) is 1.91. The van der Waals surface area contributed by atoms with Crippen LogP contribution in [0.1, 0.15) is 11.6 Å². The lowest BCUT2D eigenvalue weighted by Crippen LogP contribution is -2.04. The van der Waals surface area contributed by atoms with Crippen molar-refractivity contribution in [2.75, 3.05) is 0 Å². The Kier molecular flexibility index (Phi) is 4.27. The predicted molar refractivity (Wildman–Crippen MR) is 94.6 cm³/mol. The highest BCUT2D eigenvalue weighted by atomic mass is 19.1. The van der Waals surface area contributed by atoms with Crippen molar-refractivity contribution in [3.05, 3.63) is 60.2 Å². The molecule has 0 amide bonds. The van der Waals surface area contributed by atoms with Crippen molar-refractivity contribution >= 4 is 0 Å². The second kappa shape index (κ2) is 6.75. The Bertz CT molecular complexity index is 1090. The summed E-state index contributed by atoms with van der Waals surface area (Å²) in [6.07, 6.45) is 5.66. The van der Waals surface area contributed by atoms with Gasteiger partial charge in [0, 0.05) is 37.3 Å². The van der Waals surface area contributed by atoms with Gasteiger partial charge in [-0.25, -0.2) is 18.7 Å². The number of hydrogen-bond acceptors (Lipinski definition) is 4. The van der Waals surface area contributed by atoms with Crippen LogP contribution in [0, 0.1) is 18.6 Å². The minimum atomic E-state index is -0.531. The van der Waals surface area contributed by atoms with Crippen molar-refractivity contribution in [2.45, 2.75) is 19.9 Å². The van der Waals surface area contributed by atoms with Crippen LogP contribution in [0.15, 0.2) is 36.9 Å². The zero-order chi connectivity index (χ0) is 19.0. The first-order valence-electron chi connectivity index (χ1n) is 8.38. The van der Waals surface area contributed by atoms with Crippen LogP contribution < -0.4 is 0 Å². The van der Waals surface area contributed by atoms with E-state index in [1.807, 2.05) is 17.7 Å². The first-order chi connectivity index (χ1) is 13.0. The molecule has 0 radical (unpaired) electrons. The average Bonchev–Trinajstić information content (AvgIpc) is 3.35. The Morgan fingerprint density at radius 1 is 1.22 bits per heavy atom. The van der Waals surface area contributed by atoms with E-state index in [1.54, 1.807) is 24.3 Å². The molecule has 138 valence electrons. The number of nitrogens with one attached hydrogen (secondary N) is 1. The highest BCUT2D eigenvalue weighted by Gasteiger charge is 2.20. The predicted octanol–water partition coefficient (Wildman–Crippen LogP) is 2.90. The van der Waals surface area contributed by atoms with Gasteiger partial charge in [0.25, 0.3) is 0 Å². The molecule has 0 saturated carbocycles. The molecular weight excluding hydrogens is 352 g/mol. The number of H-pyrrole nitrogens is 1. The van der Waals surface area contributed by atoms with Crippen LogP contribution in [0.25, 0.3) is 22.5 Å². The van der Waals surface area contributed by atoms with Crippen LogP contribution in [0.2, 0.25) is 0 Å². The third-order valence-electron chi connectivity index (χ3n) is 4.22. The van der Waals surface area contributed by atoms with Crippen LogP contribution in [-0.2, 0) is 20.0 Å². The summed E-state index contributed by atoms with van der Waals surface area (Å²) in [5, 5.41) is 11.1. The van der Waals surface area contributed by atoms with E-state index in [9.17, 15) is 8.78 Å². The topological polar surface area (TPSA) is 77.2 Å². The smallest absolute Gasteiger partial charge is 0.152 e. The maximum atomic E-state index is 14.4. The molecule has 4 rings (SSSR count). The molecule has 0 bridgehead atoms. The number of nitrogens with zero attached hydrogens (tertiary/aromatic N) is 6. The maximum Gasteiger partial charge on any atom is 0.152 e. The number of benzene rings is 1. The van der Waals surface area contributed by atoms with Gasteiger partial charge in [0.15, 0.2) is 5.82 Å². The lowest BCUT2D eigenvalue weighted by Gasteiger charge is -2.09. The van der Waals surface area contributed by atoms with Crippen LogP contribution in [0.4, 0.5) is 8.78 Å². The van der Waals surface area contributed by atoms with Crippen LogP contribution in [0.3, 0.4) is 0 Å². The molecule has 0 aliphatic carbocycles. The molecule has 9 heteroatoms. The van der Waals surface area contributed by atoms with E-state index >= 15 is 0 Å². The van der Waals surface area contributed by atoms with Crippen molar-refractivity contribution in [1.29, 1.82) is 0 Å². The Balaban J connectivity index is 1.77. The fraction of sp³-hybridized carbons (Fsp3) is 0.222. The number of rotatable bonds is 5. The number of aryl methyl sites for hydroxylation is 4. The molecular formula is C18H17F2N7. The monoisotopic (exact) mass is 369 g/mol. The normalized spacial score (nSPS) is 11.3. The molecule has 7 nitrogen and oxygen atoms in total. The van der Waals surface area contributed by atoms with Gasteiger partial charge in [0.05, 0.1) is 23.9 Å². The second-order valence-corrected chi connectivity index (χ2v) is 6.25. The van der Waals surface area contributed by atoms with Crippen molar-refractivity contribution < 1.29 is 8.78 Å². The number of aromatic amines is 1. The van der Waals surface area contributed by atoms with E-state index in [0.717, 1.165) is 29.6 Å². The Hall–Kier alpha value is -3.36. The van der Waals surface area contributed by atoms with Gasteiger partial charge >= 0.3 is 0 Å². The molecule has 0 aliphatic rings. The van der Waals surface area contributed by atoms with E-state index in [2.05, 4.69) is 25.3 Å². The lowest BCUT2D eigenvalue weighted by molar-refractivity contribution is 0.603. The van der Waals surface area contributed by atoms with E-state index < -0.39 is 11.6 Å². The van der Waals surface area contributed by atoms with Crippen molar-refractivity contribution in [3.8, 4) is 22.5 Å². The third kappa shape index (κ3) is 3.35. The van der Waals surface area contributed by atoms with Gasteiger partial charge in [-0.15, -0.1) is 0 Å². The van der Waals surface area contributed by atoms with E-state index in [-0.39, 0.29) is 5.56 Å². The number of hydrogen-bond donors (Lipinski definition) is 1. The number of halogens is 2. The van der Waals surface area contributed by atoms with Gasteiger partial charge in [-0.05, 0) is 25.1 Å². The summed E-state index contributed by atoms with van der Waals surface area (Å²) in [6.45, 7) is 2.37. The fourth-order valence-electron chi connectivity index (χ4n) is 3.00. The van der Waals surface area contributed by atoms with Crippen molar-refractivity contribution in [1.82, 2.24) is 34.5 Å². The fourth-order valence-corrected chi connectivity index (χ4v) is 3.00. The van der Waals surface area contributed by atoms with Gasteiger partial charge in [0.2, 0.25) is 0 Å². The largest absolute Gasteiger partial charge is 0.330 e. The number of aromatic nitrogens is 7. The average molecular weight is 369 g/mol. The summed E-state index contributed by atoms with van der Waals surface area (Å²) in [4.78, 5) is 8.66. The Labute approximate surface area is 153 Å². The molecule has 4 aromatic rings. The second-order valence-electron chi connectivity index (χ2n) is 6.25. The molecule has 0 spiro atoms. The summed E-state index contributed by atoms with van der Waals surface area (Å²) in [6, 6.07) is 3.35. The molecule has 3 heterocycles. The zero-order valence-corrected chi connectivity index (χ0v) is 14.8. The highest BCUT2D eigenvalue weighted by molar-refractivity contribution is 5.78. The standard InChI is InChI=1S/C18H17F2N7/c1-11-23-16(25-24-11)5-6-27-10-21-17(14-7-13(19)3-4-15(14)20)18(27)12-8-22-26(2)9-12/h3-4,7-10H,5-6H2,1-2H3,(H,23,24,25). The quantitative estimate of drug-likeness (QED) is 0.587. The van der Waals surface area contributed by atoms with Gasteiger partial charge in [0.1, 0.15) is 17.5 Å². The molecule has 1 N–H and O–H groups in total. The van der Waals surface area contributed by atoms with Crippen LogP contribution >= 0.6 is 0 Å². The molecule has 1 aromatic carbocycles. The molecule has 3 aromatic heterocycles. The highest BCUT2D eigenvalue weighted by Crippen LogP contribution is 2.33. The van der Waals surface area contributed by atoms with Crippen LogP contribution in [0.5, 0.6) is 0 Å². The molecule has 27 heavy (non-hydrogen) atoms. The van der Waals surface area contributed by atoms with Gasteiger partial charge in [-0.2, -0.15) is 10.2 Å².